The minimum atomic E-state index is -1.17. The van der Waals surface area contributed by atoms with E-state index in [9.17, 15) is 14.0 Å². The fourth-order valence-electron chi connectivity index (χ4n) is 2.44. The molecule has 0 aliphatic rings. The molecule has 0 spiro atoms. The first-order valence-corrected chi connectivity index (χ1v) is 7.15. The van der Waals surface area contributed by atoms with E-state index in [4.69, 9.17) is 5.11 Å². The Bertz CT molecular complexity index is 957. The number of nitrogens with one attached hydrogen (secondary N) is 1. The average molecular weight is 328 g/mol. The van der Waals surface area contributed by atoms with Gasteiger partial charge in [0.15, 0.2) is 0 Å². The maximum Gasteiger partial charge on any atom is 0.404 e. The number of hydrogen-bond donors (Lipinski definition) is 2. The van der Waals surface area contributed by atoms with E-state index in [0.717, 1.165) is 0 Å². The number of nitrogens with zero attached hydrogens (tertiary/aromatic N) is 3. The average Bonchev–Trinajstić information content (AvgIpc) is 2.55. The number of pyridine rings is 1. The second-order valence-corrected chi connectivity index (χ2v) is 5.00. The highest BCUT2D eigenvalue weighted by atomic mass is 19.1. The molecule has 8 heteroatoms. The summed E-state index contributed by atoms with van der Waals surface area (Å²) in [5.41, 5.74) is 0.104. The molecule has 1 amide bonds. The van der Waals surface area contributed by atoms with Gasteiger partial charge in [-0.1, -0.05) is 6.07 Å². The van der Waals surface area contributed by atoms with Crippen molar-refractivity contribution in [3.63, 3.8) is 0 Å². The van der Waals surface area contributed by atoms with Gasteiger partial charge in [0.2, 0.25) is 0 Å². The topological polar surface area (TPSA) is 97.1 Å². The Labute approximate surface area is 135 Å². The highest BCUT2D eigenvalue weighted by Gasteiger charge is 2.15. The van der Waals surface area contributed by atoms with Crippen LogP contribution in [0.1, 0.15) is 5.82 Å². The fraction of sp³-hybridized carbons (Fsp3) is 0.125. The smallest absolute Gasteiger partial charge is 0.404 e. The Balaban J connectivity index is 2.21. The van der Waals surface area contributed by atoms with Crippen LogP contribution in [-0.4, -0.2) is 32.3 Å². The maximum atomic E-state index is 14.1. The van der Waals surface area contributed by atoms with E-state index in [1.54, 1.807) is 24.4 Å². The number of amides is 1. The normalized spacial score (nSPS) is 10.7. The van der Waals surface area contributed by atoms with Crippen LogP contribution in [0.15, 0.2) is 47.5 Å². The lowest BCUT2D eigenvalue weighted by atomic mass is 10.2. The molecule has 2 aromatic heterocycles. The van der Waals surface area contributed by atoms with Crippen molar-refractivity contribution in [1.82, 2.24) is 19.9 Å². The molecule has 122 valence electrons. The number of carbonyl (C=O) groups is 1. The summed E-state index contributed by atoms with van der Waals surface area (Å²) < 4.78 is 15.3. The zero-order chi connectivity index (χ0) is 17.1. The Morgan fingerprint density at radius 2 is 2.12 bits per heavy atom. The van der Waals surface area contributed by atoms with Crippen molar-refractivity contribution in [2.45, 2.75) is 6.42 Å². The molecule has 3 rings (SSSR count). The third-order valence-corrected chi connectivity index (χ3v) is 3.45. The van der Waals surface area contributed by atoms with Crippen molar-refractivity contribution in [3.8, 4) is 5.69 Å². The van der Waals surface area contributed by atoms with Gasteiger partial charge in [0.25, 0.3) is 5.56 Å². The van der Waals surface area contributed by atoms with Crippen LogP contribution in [0.3, 0.4) is 0 Å². The molecule has 0 saturated carbocycles. The highest BCUT2D eigenvalue weighted by molar-refractivity contribution is 5.78. The summed E-state index contributed by atoms with van der Waals surface area (Å²) in [6.07, 6.45) is 2.01. The molecule has 0 atom stereocenters. The highest BCUT2D eigenvalue weighted by Crippen LogP contribution is 2.15. The third-order valence-electron chi connectivity index (χ3n) is 3.45. The van der Waals surface area contributed by atoms with Gasteiger partial charge in [0.1, 0.15) is 17.0 Å². The monoisotopic (exact) mass is 328 g/mol. The number of fused-ring (bicyclic) bond motifs is 1. The summed E-state index contributed by atoms with van der Waals surface area (Å²) in [6, 6.07) is 7.51. The molecule has 3 aromatic rings. The SMILES string of the molecule is O=C(O)NCCc1nc2cccc(F)c2c(=O)n1-c1cccnc1. The largest absolute Gasteiger partial charge is 0.465 e. The second kappa shape index (κ2) is 6.45. The lowest BCUT2D eigenvalue weighted by Crippen LogP contribution is -2.29. The fourth-order valence-corrected chi connectivity index (χ4v) is 2.44. The van der Waals surface area contributed by atoms with E-state index in [0.29, 0.717) is 11.5 Å². The van der Waals surface area contributed by atoms with Crippen LogP contribution < -0.4 is 10.9 Å². The molecule has 0 saturated heterocycles. The first kappa shape index (κ1) is 15.6. The Morgan fingerprint density at radius 1 is 1.29 bits per heavy atom. The lowest BCUT2D eigenvalue weighted by molar-refractivity contribution is 0.194. The predicted octanol–water partition coefficient (Wildman–Crippen LogP) is 1.73. The summed E-state index contributed by atoms with van der Waals surface area (Å²) in [5, 5.41) is 10.8. The van der Waals surface area contributed by atoms with E-state index in [1.807, 2.05) is 0 Å². The summed E-state index contributed by atoms with van der Waals surface area (Å²) in [6.45, 7) is 0.0723. The number of carboxylic acid groups (broad SMARTS) is 1. The van der Waals surface area contributed by atoms with E-state index in [-0.39, 0.29) is 23.9 Å². The molecule has 24 heavy (non-hydrogen) atoms. The molecule has 2 N–H and O–H groups in total. The molecule has 1 aromatic carbocycles. The van der Waals surface area contributed by atoms with Crippen LogP contribution in [0.25, 0.3) is 16.6 Å². The van der Waals surface area contributed by atoms with E-state index in [2.05, 4.69) is 15.3 Å². The van der Waals surface area contributed by atoms with Crippen LogP contribution in [0.5, 0.6) is 0 Å². The zero-order valence-corrected chi connectivity index (χ0v) is 12.4. The number of hydrogen-bond acceptors (Lipinski definition) is 4. The van der Waals surface area contributed by atoms with Gasteiger partial charge in [0, 0.05) is 19.2 Å². The van der Waals surface area contributed by atoms with Crippen LogP contribution in [0.4, 0.5) is 9.18 Å². The van der Waals surface area contributed by atoms with E-state index >= 15 is 0 Å². The molecule has 0 aliphatic carbocycles. The Kier molecular flexibility index (Phi) is 4.19. The van der Waals surface area contributed by atoms with Crippen LogP contribution in [0.2, 0.25) is 0 Å². The molecule has 0 aliphatic heterocycles. The van der Waals surface area contributed by atoms with E-state index < -0.39 is 17.5 Å². The number of rotatable bonds is 4. The van der Waals surface area contributed by atoms with Crippen LogP contribution in [0, 0.1) is 5.82 Å². The molecule has 0 fully saturated rings. The first-order valence-electron chi connectivity index (χ1n) is 7.15. The molecular formula is C16H13FN4O3. The van der Waals surface area contributed by atoms with Crippen molar-refractivity contribution in [3.05, 3.63) is 64.7 Å². The minimum Gasteiger partial charge on any atom is -0.465 e. The number of halogens is 1. The van der Waals surface area contributed by atoms with Gasteiger partial charge in [-0.3, -0.25) is 14.3 Å². The standard InChI is InChI=1S/C16H13FN4O3/c17-11-4-1-5-12-14(11)15(22)21(10-3-2-7-18-9-10)13(20-12)6-8-19-16(23)24/h1-5,7,9,19H,6,8H2,(H,23,24). The molecule has 0 bridgehead atoms. The first-order chi connectivity index (χ1) is 11.6. The van der Waals surface area contributed by atoms with Gasteiger partial charge in [-0.2, -0.15) is 0 Å². The number of aromatic nitrogens is 3. The van der Waals surface area contributed by atoms with Gasteiger partial charge in [-0.25, -0.2) is 14.2 Å². The molecule has 7 nitrogen and oxygen atoms in total. The van der Waals surface area contributed by atoms with Crippen molar-refractivity contribution < 1.29 is 14.3 Å². The molecule has 2 heterocycles. The lowest BCUT2D eigenvalue weighted by Gasteiger charge is -2.13. The second-order valence-electron chi connectivity index (χ2n) is 5.00. The molecule has 0 radical (unpaired) electrons. The van der Waals surface area contributed by atoms with Crippen LogP contribution in [-0.2, 0) is 6.42 Å². The molecular weight excluding hydrogens is 315 g/mol. The van der Waals surface area contributed by atoms with Gasteiger partial charge in [-0.15, -0.1) is 0 Å². The summed E-state index contributed by atoms with van der Waals surface area (Å²) >= 11 is 0. The molecule has 0 unspecified atom stereocenters. The summed E-state index contributed by atoms with van der Waals surface area (Å²) in [5.74, 6) is -0.335. The minimum absolute atomic E-state index is 0.0723. The van der Waals surface area contributed by atoms with Crippen molar-refractivity contribution in [1.29, 1.82) is 0 Å². The van der Waals surface area contributed by atoms with E-state index in [1.165, 1.54) is 22.9 Å². The predicted molar refractivity (Wildman–Crippen MR) is 84.8 cm³/mol. The van der Waals surface area contributed by atoms with Crippen molar-refractivity contribution in [2.24, 2.45) is 0 Å². The van der Waals surface area contributed by atoms with Gasteiger partial charge in [-0.05, 0) is 24.3 Å². The van der Waals surface area contributed by atoms with Crippen molar-refractivity contribution in [2.75, 3.05) is 6.54 Å². The summed E-state index contributed by atoms with van der Waals surface area (Å²) in [4.78, 5) is 31.7. The van der Waals surface area contributed by atoms with Gasteiger partial charge >= 0.3 is 6.09 Å². The third kappa shape index (κ3) is 2.94. The quantitative estimate of drug-likeness (QED) is 0.760. The number of benzene rings is 1. The van der Waals surface area contributed by atoms with Gasteiger partial charge in [0.05, 0.1) is 17.4 Å². The Hall–Kier alpha value is -3.29. The zero-order valence-electron chi connectivity index (χ0n) is 12.4. The maximum absolute atomic E-state index is 14.1. The Morgan fingerprint density at radius 3 is 2.83 bits per heavy atom. The van der Waals surface area contributed by atoms with Crippen molar-refractivity contribution >= 4 is 17.0 Å². The van der Waals surface area contributed by atoms with Gasteiger partial charge < -0.3 is 10.4 Å². The van der Waals surface area contributed by atoms with Crippen LogP contribution >= 0.6 is 0 Å². The summed E-state index contributed by atoms with van der Waals surface area (Å²) in [7, 11) is 0.